The van der Waals surface area contributed by atoms with Gasteiger partial charge in [-0.3, -0.25) is 9.59 Å². The summed E-state index contributed by atoms with van der Waals surface area (Å²) in [6.07, 6.45) is 3.28. The first-order chi connectivity index (χ1) is 8.15. The highest BCUT2D eigenvalue weighted by atomic mass is 32.1. The molecular weight excluding hydrogens is 240 g/mol. The van der Waals surface area contributed by atoms with E-state index in [9.17, 15) is 9.59 Å². The molecule has 2 aliphatic carbocycles. The van der Waals surface area contributed by atoms with Gasteiger partial charge in [0.2, 0.25) is 5.91 Å². The van der Waals surface area contributed by atoms with E-state index in [1.54, 1.807) is 0 Å². The number of hydrogen-bond acceptors (Lipinski definition) is 4. The van der Waals surface area contributed by atoms with Crippen LogP contribution in [0.3, 0.4) is 0 Å². The Balaban J connectivity index is 1.78. The summed E-state index contributed by atoms with van der Waals surface area (Å²) in [5.41, 5.74) is 0.647. The van der Waals surface area contributed by atoms with Crippen LogP contribution in [-0.4, -0.2) is 22.0 Å². The Morgan fingerprint density at radius 1 is 1.35 bits per heavy atom. The summed E-state index contributed by atoms with van der Waals surface area (Å²) in [6, 6.07) is 0. The van der Waals surface area contributed by atoms with E-state index in [0.29, 0.717) is 17.2 Å². The molecule has 0 aliphatic heterocycles. The van der Waals surface area contributed by atoms with Gasteiger partial charge in [-0.25, -0.2) is 4.98 Å². The topological polar surface area (TPSA) is 79.3 Å². The molecule has 17 heavy (non-hydrogen) atoms. The van der Waals surface area contributed by atoms with E-state index >= 15 is 0 Å². The highest BCUT2D eigenvalue weighted by Gasteiger charge is 2.34. The van der Waals surface area contributed by atoms with Gasteiger partial charge in [-0.05, 0) is 25.7 Å². The molecule has 0 spiro atoms. The van der Waals surface area contributed by atoms with Gasteiger partial charge in [-0.1, -0.05) is 0 Å². The Labute approximate surface area is 102 Å². The van der Waals surface area contributed by atoms with E-state index in [1.807, 2.05) is 0 Å². The molecule has 0 saturated heterocycles. The van der Waals surface area contributed by atoms with Crippen LogP contribution in [0, 0.1) is 5.92 Å². The van der Waals surface area contributed by atoms with Crippen LogP contribution < -0.4 is 5.32 Å². The summed E-state index contributed by atoms with van der Waals surface area (Å²) in [7, 11) is 0. The maximum absolute atomic E-state index is 11.6. The van der Waals surface area contributed by atoms with E-state index in [4.69, 9.17) is 5.11 Å². The van der Waals surface area contributed by atoms with Crippen molar-refractivity contribution in [3.8, 4) is 0 Å². The summed E-state index contributed by atoms with van der Waals surface area (Å²) in [5.74, 6) is -1.16. The van der Waals surface area contributed by atoms with E-state index in [-0.39, 0.29) is 11.8 Å². The Hall–Kier alpha value is -1.43. The van der Waals surface area contributed by atoms with Crippen LogP contribution in [0.1, 0.15) is 35.8 Å². The smallest absolute Gasteiger partial charge is 0.312 e. The number of thiazole rings is 1. The molecule has 1 saturated carbocycles. The van der Waals surface area contributed by atoms with Gasteiger partial charge in [0, 0.05) is 10.8 Å². The van der Waals surface area contributed by atoms with Gasteiger partial charge in [-0.2, -0.15) is 0 Å². The molecule has 1 aromatic heterocycles. The second-order valence-electron chi connectivity index (χ2n) is 4.52. The summed E-state index contributed by atoms with van der Waals surface area (Å²) >= 11 is 1.41. The minimum atomic E-state index is -0.825. The van der Waals surface area contributed by atoms with Crippen molar-refractivity contribution in [3.63, 3.8) is 0 Å². The van der Waals surface area contributed by atoms with Crippen molar-refractivity contribution < 1.29 is 14.7 Å². The first-order valence-corrected chi connectivity index (χ1v) is 6.50. The van der Waals surface area contributed by atoms with Gasteiger partial charge in [0.25, 0.3) is 0 Å². The van der Waals surface area contributed by atoms with Gasteiger partial charge < -0.3 is 10.4 Å². The standard InChI is InChI=1S/C11H12N2O3S/c14-9(5-1-2-5)13-11-12-8-6(10(15)16)3-4-7(8)17-11/h5-6H,1-4H2,(H,15,16)(H,12,13,14)/t6-/m1/s1. The second-order valence-corrected chi connectivity index (χ2v) is 5.60. The second kappa shape index (κ2) is 3.80. The van der Waals surface area contributed by atoms with Crippen molar-refractivity contribution >= 4 is 28.3 Å². The monoisotopic (exact) mass is 252 g/mol. The van der Waals surface area contributed by atoms with Crippen molar-refractivity contribution in [1.29, 1.82) is 0 Å². The van der Waals surface area contributed by atoms with Crippen LogP contribution in [0.4, 0.5) is 5.13 Å². The normalized spacial score (nSPS) is 22.2. The molecule has 3 rings (SSSR count). The predicted octanol–water partition coefficient (Wildman–Crippen LogP) is 1.61. The van der Waals surface area contributed by atoms with Crippen LogP contribution >= 0.6 is 11.3 Å². The van der Waals surface area contributed by atoms with Crippen molar-refractivity contribution in [2.75, 3.05) is 5.32 Å². The molecule has 5 nitrogen and oxygen atoms in total. The van der Waals surface area contributed by atoms with Crippen LogP contribution in [0.25, 0.3) is 0 Å². The molecular formula is C11H12N2O3S. The van der Waals surface area contributed by atoms with Gasteiger partial charge in [0.05, 0.1) is 5.69 Å². The number of hydrogen-bond donors (Lipinski definition) is 2. The number of anilines is 1. The van der Waals surface area contributed by atoms with Crippen molar-refractivity contribution in [1.82, 2.24) is 4.98 Å². The predicted molar refractivity (Wildman–Crippen MR) is 62.2 cm³/mol. The van der Waals surface area contributed by atoms with Crippen LogP contribution in [0.2, 0.25) is 0 Å². The van der Waals surface area contributed by atoms with E-state index < -0.39 is 11.9 Å². The quantitative estimate of drug-likeness (QED) is 0.856. The molecule has 1 fully saturated rings. The Bertz CT molecular complexity index is 493. The third-order valence-corrected chi connectivity index (χ3v) is 4.24. The van der Waals surface area contributed by atoms with Crippen LogP contribution in [0.5, 0.6) is 0 Å². The zero-order valence-electron chi connectivity index (χ0n) is 9.10. The zero-order chi connectivity index (χ0) is 12.0. The summed E-state index contributed by atoms with van der Waals surface area (Å²) in [4.78, 5) is 27.8. The Morgan fingerprint density at radius 2 is 2.12 bits per heavy atom. The molecule has 2 N–H and O–H groups in total. The van der Waals surface area contributed by atoms with Gasteiger partial charge in [0.15, 0.2) is 5.13 Å². The number of rotatable bonds is 3. The van der Waals surface area contributed by atoms with Gasteiger partial charge >= 0.3 is 5.97 Å². The summed E-state index contributed by atoms with van der Waals surface area (Å²) in [5, 5.41) is 12.3. The van der Waals surface area contributed by atoms with Crippen molar-refractivity contribution in [2.24, 2.45) is 5.92 Å². The number of aliphatic carboxylic acids is 1. The summed E-state index contributed by atoms with van der Waals surface area (Å²) in [6.45, 7) is 0. The van der Waals surface area contributed by atoms with Crippen molar-refractivity contribution in [3.05, 3.63) is 10.6 Å². The zero-order valence-corrected chi connectivity index (χ0v) is 9.92. The fourth-order valence-electron chi connectivity index (χ4n) is 2.07. The molecule has 6 heteroatoms. The van der Waals surface area contributed by atoms with Gasteiger partial charge in [-0.15, -0.1) is 11.3 Å². The average molecular weight is 252 g/mol. The fraction of sp³-hybridized carbons (Fsp3) is 0.545. The lowest BCUT2D eigenvalue weighted by molar-refractivity contribution is -0.138. The number of carboxylic acid groups (broad SMARTS) is 1. The number of nitrogens with zero attached hydrogens (tertiary/aromatic N) is 1. The maximum Gasteiger partial charge on any atom is 0.312 e. The fourth-order valence-corrected chi connectivity index (χ4v) is 3.12. The van der Waals surface area contributed by atoms with E-state index in [2.05, 4.69) is 10.3 Å². The number of nitrogens with one attached hydrogen (secondary N) is 1. The first-order valence-electron chi connectivity index (χ1n) is 5.68. The number of aryl methyl sites for hydroxylation is 1. The number of fused-ring (bicyclic) bond motifs is 1. The van der Waals surface area contributed by atoms with E-state index in [1.165, 1.54) is 11.3 Å². The number of carboxylic acids is 1. The molecule has 90 valence electrons. The maximum atomic E-state index is 11.6. The number of carbonyl (C=O) groups excluding carboxylic acids is 1. The molecule has 2 aliphatic rings. The average Bonchev–Trinajstić information content (AvgIpc) is 2.93. The van der Waals surface area contributed by atoms with Crippen LogP contribution in [0.15, 0.2) is 0 Å². The molecule has 0 aromatic carbocycles. The molecule has 0 bridgehead atoms. The Kier molecular flexibility index (Phi) is 2.39. The molecule has 0 radical (unpaired) electrons. The Morgan fingerprint density at radius 3 is 2.76 bits per heavy atom. The van der Waals surface area contributed by atoms with E-state index in [0.717, 1.165) is 24.1 Å². The highest BCUT2D eigenvalue weighted by Crippen LogP contribution is 2.39. The minimum absolute atomic E-state index is 0.0179. The lowest BCUT2D eigenvalue weighted by Gasteiger charge is -2.02. The van der Waals surface area contributed by atoms with Crippen molar-refractivity contribution in [2.45, 2.75) is 31.6 Å². The number of amides is 1. The molecule has 0 unspecified atom stereocenters. The number of carbonyl (C=O) groups is 2. The molecule has 1 amide bonds. The molecule has 1 heterocycles. The molecule has 1 aromatic rings. The number of aromatic nitrogens is 1. The molecule has 1 atom stereocenters. The third kappa shape index (κ3) is 1.93. The minimum Gasteiger partial charge on any atom is -0.481 e. The largest absolute Gasteiger partial charge is 0.481 e. The van der Waals surface area contributed by atoms with Crippen LogP contribution in [-0.2, 0) is 16.0 Å². The van der Waals surface area contributed by atoms with Gasteiger partial charge in [0.1, 0.15) is 5.92 Å². The third-order valence-electron chi connectivity index (χ3n) is 3.19. The lowest BCUT2D eigenvalue weighted by atomic mass is 10.1. The summed E-state index contributed by atoms with van der Waals surface area (Å²) < 4.78 is 0. The lowest BCUT2D eigenvalue weighted by Crippen LogP contribution is -2.14. The first kappa shape index (κ1) is 10.7. The SMILES string of the molecule is O=C(Nc1nc2c(s1)CC[C@H]2C(=O)O)C1CC1. The highest BCUT2D eigenvalue weighted by molar-refractivity contribution is 7.16.